The molecule has 1 aromatic heterocycles. The van der Waals surface area contributed by atoms with Gasteiger partial charge in [0.25, 0.3) is 0 Å². The van der Waals surface area contributed by atoms with Crippen molar-refractivity contribution in [1.29, 1.82) is 5.26 Å². The maximum Gasteiger partial charge on any atom is 0.229 e. The van der Waals surface area contributed by atoms with Crippen molar-refractivity contribution >= 4 is 28.8 Å². The highest BCUT2D eigenvalue weighted by Crippen LogP contribution is 2.28. The molecule has 3 rings (SSSR count). The van der Waals surface area contributed by atoms with E-state index in [4.69, 9.17) is 11.0 Å². The Labute approximate surface area is 146 Å². The zero-order valence-electron chi connectivity index (χ0n) is 14.0. The van der Waals surface area contributed by atoms with Gasteiger partial charge in [-0.3, -0.25) is 0 Å². The van der Waals surface area contributed by atoms with Gasteiger partial charge in [-0.25, -0.2) is 4.98 Å². The summed E-state index contributed by atoms with van der Waals surface area (Å²) in [6.07, 6.45) is 1.68. The number of rotatable bonds is 4. The number of aromatic nitrogens is 2. The van der Waals surface area contributed by atoms with Gasteiger partial charge in [0.05, 0.1) is 11.6 Å². The van der Waals surface area contributed by atoms with Gasteiger partial charge in [-0.1, -0.05) is 6.07 Å². The van der Waals surface area contributed by atoms with Gasteiger partial charge >= 0.3 is 0 Å². The molecule has 0 bridgehead atoms. The van der Waals surface area contributed by atoms with Crippen LogP contribution in [-0.4, -0.2) is 9.97 Å². The SMILES string of the molecule is Cc1ccc(N)c(C)c1Nc1ccnc(Nc2ccc(C#N)cc2)n1. The highest BCUT2D eigenvalue weighted by molar-refractivity contribution is 5.71. The lowest BCUT2D eigenvalue weighted by Crippen LogP contribution is -2.03. The fraction of sp³-hybridized carbons (Fsp3) is 0.105. The van der Waals surface area contributed by atoms with Crippen LogP contribution in [-0.2, 0) is 0 Å². The van der Waals surface area contributed by atoms with Crippen molar-refractivity contribution in [2.24, 2.45) is 0 Å². The first-order chi connectivity index (χ1) is 12.1. The Balaban J connectivity index is 1.82. The first-order valence-electron chi connectivity index (χ1n) is 7.80. The predicted octanol–water partition coefficient (Wildman–Crippen LogP) is 4.03. The summed E-state index contributed by atoms with van der Waals surface area (Å²) in [5, 5.41) is 15.3. The van der Waals surface area contributed by atoms with Gasteiger partial charge < -0.3 is 16.4 Å². The minimum atomic E-state index is 0.467. The van der Waals surface area contributed by atoms with E-state index in [2.05, 4.69) is 26.7 Å². The fourth-order valence-corrected chi connectivity index (χ4v) is 2.43. The fourth-order valence-electron chi connectivity index (χ4n) is 2.43. The predicted molar refractivity (Wildman–Crippen MR) is 100 cm³/mol. The molecule has 3 aromatic rings. The standard InChI is InChI=1S/C19H18N6/c1-12-3-8-16(21)13(2)18(12)24-17-9-10-22-19(25-17)23-15-6-4-14(11-20)5-7-15/h3-10H,21H2,1-2H3,(H2,22,23,24,25). The molecule has 0 saturated carbocycles. The van der Waals surface area contributed by atoms with E-state index in [1.165, 1.54) is 0 Å². The number of hydrogen-bond acceptors (Lipinski definition) is 6. The molecule has 0 saturated heterocycles. The molecule has 2 aromatic carbocycles. The number of nitriles is 1. The summed E-state index contributed by atoms with van der Waals surface area (Å²) in [7, 11) is 0. The third-order valence-electron chi connectivity index (χ3n) is 3.89. The zero-order valence-corrected chi connectivity index (χ0v) is 14.0. The summed E-state index contributed by atoms with van der Waals surface area (Å²) in [5.41, 5.74) is 11.2. The number of nitrogen functional groups attached to an aromatic ring is 1. The Morgan fingerprint density at radius 1 is 1.00 bits per heavy atom. The van der Waals surface area contributed by atoms with Gasteiger partial charge in [-0.15, -0.1) is 0 Å². The average molecular weight is 330 g/mol. The Morgan fingerprint density at radius 3 is 2.48 bits per heavy atom. The van der Waals surface area contributed by atoms with E-state index in [1.807, 2.05) is 38.1 Å². The average Bonchev–Trinajstić information content (AvgIpc) is 2.63. The van der Waals surface area contributed by atoms with Crippen LogP contribution in [0.15, 0.2) is 48.7 Å². The van der Waals surface area contributed by atoms with Crippen molar-refractivity contribution in [3.8, 4) is 6.07 Å². The third-order valence-corrected chi connectivity index (χ3v) is 3.89. The van der Waals surface area contributed by atoms with Crippen LogP contribution in [0.1, 0.15) is 16.7 Å². The normalized spacial score (nSPS) is 10.1. The number of anilines is 5. The molecular weight excluding hydrogens is 312 g/mol. The van der Waals surface area contributed by atoms with Gasteiger partial charge in [0.2, 0.25) is 5.95 Å². The molecule has 6 nitrogen and oxygen atoms in total. The summed E-state index contributed by atoms with van der Waals surface area (Å²) in [6, 6.07) is 14.9. The lowest BCUT2D eigenvalue weighted by Gasteiger charge is -2.14. The van der Waals surface area contributed by atoms with Crippen molar-refractivity contribution in [1.82, 2.24) is 9.97 Å². The number of nitrogens with two attached hydrogens (primary N) is 1. The van der Waals surface area contributed by atoms with Crippen LogP contribution in [0.2, 0.25) is 0 Å². The van der Waals surface area contributed by atoms with Crippen LogP contribution in [0.4, 0.5) is 28.8 Å². The lowest BCUT2D eigenvalue weighted by atomic mass is 10.1. The summed E-state index contributed by atoms with van der Waals surface area (Å²) in [4.78, 5) is 8.71. The van der Waals surface area contributed by atoms with Gasteiger partial charge in [-0.2, -0.15) is 10.2 Å². The second-order valence-corrected chi connectivity index (χ2v) is 5.68. The number of nitrogens with one attached hydrogen (secondary N) is 2. The number of nitrogens with zero attached hydrogens (tertiary/aromatic N) is 3. The van der Waals surface area contributed by atoms with Crippen LogP contribution in [0.5, 0.6) is 0 Å². The summed E-state index contributed by atoms with van der Waals surface area (Å²) in [5.74, 6) is 1.14. The van der Waals surface area contributed by atoms with Crippen molar-refractivity contribution in [2.75, 3.05) is 16.4 Å². The third kappa shape index (κ3) is 3.67. The minimum Gasteiger partial charge on any atom is -0.398 e. The van der Waals surface area contributed by atoms with E-state index in [0.717, 1.165) is 28.2 Å². The van der Waals surface area contributed by atoms with Crippen molar-refractivity contribution in [3.05, 3.63) is 65.4 Å². The molecule has 0 radical (unpaired) electrons. The summed E-state index contributed by atoms with van der Waals surface area (Å²) >= 11 is 0. The molecule has 4 N–H and O–H groups in total. The molecule has 0 spiro atoms. The van der Waals surface area contributed by atoms with Crippen molar-refractivity contribution in [3.63, 3.8) is 0 Å². The number of benzene rings is 2. The molecule has 0 atom stereocenters. The monoisotopic (exact) mass is 330 g/mol. The smallest absolute Gasteiger partial charge is 0.229 e. The Kier molecular flexibility index (Phi) is 4.48. The van der Waals surface area contributed by atoms with Crippen LogP contribution < -0.4 is 16.4 Å². The van der Waals surface area contributed by atoms with E-state index < -0.39 is 0 Å². The topological polar surface area (TPSA) is 99.6 Å². The maximum absolute atomic E-state index is 8.85. The molecule has 6 heteroatoms. The highest BCUT2D eigenvalue weighted by Gasteiger charge is 2.07. The molecule has 0 fully saturated rings. The van der Waals surface area contributed by atoms with Gasteiger partial charge in [0.1, 0.15) is 5.82 Å². The van der Waals surface area contributed by atoms with Crippen molar-refractivity contribution < 1.29 is 0 Å². The van der Waals surface area contributed by atoms with Crippen LogP contribution in [0.3, 0.4) is 0 Å². The Bertz CT molecular complexity index is 941. The zero-order chi connectivity index (χ0) is 17.8. The number of hydrogen-bond donors (Lipinski definition) is 3. The maximum atomic E-state index is 8.85. The molecular formula is C19H18N6. The molecule has 0 aliphatic rings. The molecule has 25 heavy (non-hydrogen) atoms. The van der Waals surface area contributed by atoms with E-state index in [1.54, 1.807) is 24.4 Å². The van der Waals surface area contributed by atoms with E-state index in [9.17, 15) is 0 Å². The van der Waals surface area contributed by atoms with Crippen LogP contribution >= 0.6 is 0 Å². The minimum absolute atomic E-state index is 0.467. The van der Waals surface area contributed by atoms with Gasteiger partial charge in [0.15, 0.2) is 0 Å². The first-order valence-corrected chi connectivity index (χ1v) is 7.80. The summed E-state index contributed by atoms with van der Waals surface area (Å²) < 4.78 is 0. The van der Waals surface area contributed by atoms with E-state index in [0.29, 0.717) is 17.3 Å². The van der Waals surface area contributed by atoms with Crippen LogP contribution in [0, 0.1) is 25.2 Å². The van der Waals surface area contributed by atoms with Gasteiger partial charge in [-0.05, 0) is 61.4 Å². The van der Waals surface area contributed by atoms with E-state index in [-0.39, 0.29) is 0 Å². The lowest BCUT2D eigenvalue weighted by molar-refractivity contribution is 1.16. The Hall–Kier alpha value is -3.59. The molecule has 0 aliphatic heterocycles. The molecule has 0 unspecified atom stereocenters. The highest BCUT2D eigenvalue weighted by atomic mass is 15.1. The number of aryl methyl sites for hydroxylation is 1. The molecule has 124 valence electrons. The summed E-state index contributed by atoms with van der Waals surface area (Å²) in [6.45, 7) is 3.99. The largest absolute Gasteiger partial charge is 0.398 e. The molecule has 1 heterocycles. The second-order valence-electron chi connectivity index (χ2n) is 5.68. The van der Waals surface area contributed by atoms with E-state index >= 15 is 0 Å². The van der Waals surface area contributed by atoms with Crippen LogP contribution in [0.25, 0.3) is 0 Å². The Morgan fingerprint density at radius 2 is 1.76 bits per heavy atom. The van der Waals surface area contributed by atoms with Gasteiger partial charge in [0, 0.05) is 23.3 Å². The quantitative estimate of drug-likeness (QED) is 0.624. The molecule has 0 aliphatic carbocycles. The van der Waals surface area contributed by atoms with Crippen molar-refractivity contribution in [2.45, 2.75) is 13.8 Å². The first kappa shape index (κ1) is 16.3. The molecule has 0 amide bonds. The second kappa shape index (κ2) is 6.89.